The van der Waals surface area contributed by atoms with Crippen molar-refractivity contribution >= 4 is 17.7 Å². The van der Waals surface area contributed by atoms with Gasteiger partial charge in [0.15, 0.2) is 5.16 Å². The number of carbonyl (C=O) groups excluding carboxylic acids is 1. The van der Waals surface area contributed by atoms with Gasteiger partial charge < -0.3 is 4.90 Å². The Bertz CT molecular complexity index is 1070. The summed E-state index contributed by atoms with van der Waals surface area (Å²) in [6.45, 7) is 4.38. The Morgan fingerprint density at radius 2 is 1.90 bits per heavy atom. The summed E-state index contributed by atoms with van der Waals surface area (Å²) in [5, 5.41) is 9.14. The number of nitrogens with zero attached hydrogens (tertiary/aromatic N) is 4. The molecule has 1 atom stereocenters. The second-order valence-corrected chi connectivity index (χ2v) is 9.75. The van der Waals surface area contributed by atoms with Crippen LogP contribution in [-0.4, -0.2) is 37.4 Å². The molecule has 1 saturated carbocycles. The molecule has 2 aromatic carbocycles. The number of rotatable bonds is 7. The van der Waals surface area contributed by atoms with Crippen molar-refractivity contribution in [2.24, 2.45) is 0 Å². The largest absolute Gasteiger partial charge is 0.332 e. The lowest BCUT2D eigenvalue weighted by molar-refractivity contribution is -0.131. The standard InChI is InChI=1S/C25H28N4OS/c1-17(2)18-7-10-20(11-8-18)28-16-26-27-25(28)31-15-24(30)29(21-12-13-21)23-14-9-19-5-3-4-6-22(19)23/h3-8,10-11,16-17,21,23H,9,12-15H2,1-2H3. The van der Waals surface area contributed by atoms with Crippen LogP contribution >= 0.6 is 11.8 Å². The SMILES string of the molecule is CC(C)c1ccc(-n2cnnc2SCC(=O)N(C2CC2)C2CCc3ccccc32)cc1. The van der Waals surface area contributed by atoms with Crippen LogP contribution in [0.3, 0.4) is 0 Å². The average molecular weight is 433 g/mol. The molecule has 0 saturated heterocycles. The molecule has 6 heteroatoms. The summed E-state index contributed by atoms with van der Waals surface area (Å²) in [6, 6.07) is 17.7. The topological polar surface area (TPSA) is 51.0 Å². The second kappa shape index (κ2) is 8.50. The lowest BCUT2D eigenvalue weighted by Gasteiger charge is -2.30. The maximum Gasteiger partial charge on any atom is 0.233 e. The van der Waals surface area contributed by atoms with Gasteiger partial charge in [-0.25, -0.2) is 0 Å². The number of aryl methyl sites for hydroxylation is 1. The Balaban J connectivity index is 1.30. The van der Waals surface area contributed by atoms with Gasteiger partial charge in [-0.05, 0) is 60.4 Å². The van der Waals surface area contributed by atoms with Crippen LogP contribution in [0.15, 0.2) is 60.0 Å². The molecule has 160 valence electrons. The van der Waals surface area contributed by atoms with E-state index in [-0.39, 0.29) is 11.9 Å². The Labute approximate surface area is 187 Å². The average Bonchev–Trinajstić information content (AvgIpc) is 3.35. The fourth-order valence-corrected chi connectivity index (χ4v) is 5.33. The second-order valence-electron chi connectivity index (χ2n) is 8.80. The van der Waals surface area contributed by atoms with E-state index in [0.29, 0.717) is 17.7 Å². The van der Waals surface area contributed by atoms with Crippen molar-refractivity contribution < 1.29 is 4.79 Å². The monoisotopic (exact) mass is 432 g/mol. The summed E-state index contributed by atoms with van der Waals surface area (Å²) in [5.74, 6) is 1.09. The third-order valence-electron chi connectivity index (χ3n) is 6.34. The van der Waals surface area contributed by atoms with Crippen molar-refractivity contribution in [2.75, 3.05) is 5.75 Å². The van der Waals surface area contributed by atoms with Crippen LogP contribution in [0.1, 0.15) is 61.8 Å². The van der Waals surface area contributed by atoms with E-state index < -0.39 is 0 Å². The number of hydrogen-bond acceptors (Lipinski definition) is 4. The molecule has 0 bridgehead atoms. The molecule has 5 nitrogen and oxygen atoms in total. The minimum Gasteiger partial charge on any atom is -0.332 e. The van der Waals surface area contributed by atoms with Gasteiger partial charge in [-0.15, -0.1) is 10.2 Å². The van der Waals surface area contributed by atoms with Gasteiger partial charge in [0.1, 0.15) is 6.33 Å². The minimum absolute atomic E-state index is 0.207. The first kappa shape index (κ1) is 20.3. The van der Waals surface area contributed by atoms with E-state index in [9.17, 15) is 4.79 Å². The van der Waals surface area contributed by atoms with Gasteiger partial charge in [0, 0.05) is 11.7 Å². The fraction of sp³-hybridized carbons (Fsp3) is 0.400. The van der Waals surface area contributed by atoms with E-state index in [2.05, 4.69) is 77.5 Å². The van der Waals surface area contributed by atoms with E-state index >= 15 is 0 Å². The smallest absolute Gasteiger partial charge is 0.233 e. The van der Waals surface area contributed by atoms with E-state index in [0.717, 1.165) is 36.5 Å². The maximum atomic E-state index is 13.3. The number of hydrogen-bond donors (Lipinski definition) is 0. The molecule has 2 aliphatic rings. The summed E-state index contributed by atoms with van der Waals surface area (Å²) in [5.41, 5.74) is 5.05. The highest BCUT2D eigenvalue weighted by Crippen LogP contribution is 2.42. The number of fused-ring (bicyclic) bond motifs is 1. The molecule has 0 radical (unpaired) electrons. The quantitative estimate of drug-likeness (QED) is 0.484. The molecule has 3 aromatic rings. The van der Waals surface area contributed by atoms with Gasteiger partial charge in [0.05, 0.1) is 11.8 Å². The van der Waals surface area contributed by atoms with Gasteiger partial charge in [-0.3, -0.25) is 9.36 Å². The maximum absolute atomic E-state index is 13.3. The molecule has 0 aliphatic heterocycles. The molecule has 5 rings (SSSR count). The van der Waals surface area contributed by atoms with Gasteiger partial charge >= 0.3 is 0 Å². The van der Waals surface area contributed by atoms with Crippen LogP contribution in [0.5, 0.6) is 0 Å². The van der Waals surface area contributed by atoms with Crippen LogP contribution in [0.25, 0.3) is 5.69 Å². The number of benzene rings is 2. The number of carbonyl (C=O) groups is 1. The summed E-state index contributed by atoms with van der Waals surface area (Å²) in [6.07, 6.45) is 6.06. The Morgan fingerprint density at radius 1 is 1.13 bits per heavy atom. The predicted octanol–water partition coefficient (Wildman–Crippen LogP) is 5.16. The highest BCUT2D eigenvalue weighted by molar-refractivity contribution is 7.99. The summed E-state index contributed by atoms with van der Waals surface area (Å²) in [4.78, 5) is 15.5. The molecule has 1 unspecified atom stereocenters. The zero-order valence-electron chi connectivity index (χ0n) is 18.1. The van der Waals surface area contributed by atoms with E-state index in [1.807, 2.05) is 4.57 Å². The molecule has 1 aromatic heterocycles. The van der Waals surface area contributed by atoms with Gasteiger partial charge in [-0.2, -0.15) is 0 Å². The Morgan fingerprint density at radius 3 is 2.65 bits per heavy atom. The van der Waals surface area contributed by atoms with Gasteiger partial charge in [-0.1, -0.05) is 62.0 Å². The van der Waals surface area contributed by atoms with E-state index in [4.69, 9.17) is 0 Å². The molecule has 31 heavy (non-hydrogen) atoms. The van der Waals surface area contributed by atoms with Crippen LogP contribution in [0, 0.1) is 0 Å². The molecule has 1 fully saturated rings. The normalized spacial score (nSPS) is 17.7. The van der Waals surface area contributed by atoms with Crippen LogP contribution in [0.4, 0.5) is 0 Å². The summed E-state index contributed by atoms with van der Waals surface area (Å²) >= 11 is 1.48. The third kappa shape index (κ3) is 4.13. The summed E-state index contributed by atoms with van der Waals surface area (Å²) in [7, 11) is 0. The van der Waals surface area contributed by atoms with Gasteiger partial charge in [0.2, 0.25) is 5.91 Å². The molecular formula is C25H28N4OS. The predicted molar refractivity (Wildman–Crippen MR) is 124 cm³/mol. The molecule has 2 aliphatic carbocycles. The molecule has 0 spiro atoms. The Hall–Kier alpha value is -2.60. The lowest BCUT2D eigenvalue weighted by Crippen LogP contribution is -2.37. The first-order valence-corrected chi connectivity index (χ1v) is 12.1. The minimum atomic E-state index is 0.207. The van der Waals surface area contributed by atoms with Crippen molar-refractivity contribution in [3.05, 3.63) is 71.5 Å². The number of aromatic nitrogens is 3. The van der Waals surface area contributed by atoms with Crippen molar-refractivity contribution in [1.82, 2.24) is 19.7 Å². The zero-order valence-corrected chi connectivity index (χ0v) is 18.9. The van der Waals surface area contributed by atoms with Crippen molar-refractivity contribution in [1.29, 1.82) is 0 Å². The van der Waals surface area contributed by atoms with Crippen LogP contribution in [0.2, 0.25) is 0 Å². The highest BCUT2D eigenvalue weighted by atomic mass is 32.2. The first-order valence-electron chi connectivity index (χ1n) is 11.1. The third-order valence-corrected chi connectivity index (χ3v) is 7.27. The number of thioether (sulfide) groups is 1. The Kier molecular flexibility index (Phi) is 5.57. The summed E-state index contributed by atoms with van der Waals surface area (Å²) < 4.78 is 1.97. The molecule has 1 heterocycles. The van der Waals surface area contributed by atoms with E-state index in [1.54, 1.807) is 6.33 Å². The highest BCUT2D eigenvalue weighted by Gasteiger charge is 2.40. The van der Waals surface area contributed by atoms with Crippen molar-refractivity contribution in [2.45, 2.75) is 62.7 Å². The molecule has 1 amide bonds. The van der Waals surface area contributed by atoms with E-state index in [1.165, 1.54) is 28.5 Å². The van der Waals surface area contributed by atoms with Gasteiger partial charge in [0.25, 0.3) is 0 Å². The molecule has 0 N–H and O–H groups in total. The lowest BCUT2D eigenvalue weighted by atomic mass is 10.0. The first-order chi connectivity index (χ1) is 15.1. The molecular weight excluding hydrogens is 404 g/mol. The van der Waals surface area contributed by atoms with Crippen molar-refractivity contribution in [3.63, 3.8) is 0 Å². The number of amides is 1. The zero-order chi connectivity index (χ0) is 21.4. The van der Waals surface area contributed by atoms with Crippen LogP contribution < -0.4 is 0 Å². The fourth-order valence-electron chi connectivity index (χ4n) is 4.53. The van der Waals surface area contributed by atoms with Crippen LogP contribution in [-0.2, 0) is 11.2 Å². The van der Waals surface area contributed by atoms with Crippen molar-refractivity contribution in [3.8, 4) is 5.69 Å².